The molecule has 0 aromatic heterocycles. The van der Waals surface area contributed by atoms with Crippen molar-refractivity contribution in [3.05, 3.63) is 47.5 Å². The van der Waals surface area contributed by atoms with E-state index in [2.05, 4.69) is 53.6 Å². The minimum absolute atomic E-state index is 0.0544. The van der Waals surface area contributed by atoms with Crippen LogP contribution in [0.1, 0.15) is 91.5 Å². The van der Waals surface area contributed by atoms with Crippen LogP contribution in [0.15, 0.2) is 42.0 Å². The number of methoxy groups -OCH3 is 1. The number of nitrogens with two attached hydrogens (primary N) is 1. The number of amides is 3. The average molecular weight is 797 g/mol. The van der Waals surface area contributed by atoms with Gasteiger partial charge in [-0.1, -0.05) is 55.8 Å². The Morgan fingerprint density at radius 3 is 2.19 bits per heavy atom. The molecule has 0 radical (unpaired) electrons. The van der Waals surface area contributed by atoms with Crippen LogP contribution in [0, 0.1) is 11.8 Å². The predicted molar refractivity (Wildman–Crippen MR) is 213 cm³/mol. The molecule has 2 aliphatic carbocycles. The minimum Gasteiger partial charge on any atom is -0.443 e. The first-order chi connectivity index (χ1) is 27.2. The molecule has 15 nitrogen and oxygen atoms in total. The lowest BCUT2D eigenvalue weighted by Gasteiger charge is -2.42. The number of alkyl carbamates (subject to hydrolysis) is 1. The smallest absolute Gasteiger partial charge is 0.407 e. The third-order valence-corrected chi connectivity index (χ3v) is 11.8. The number of hydrogen-bond acceptors (Lipinski definition) is 12. The molecule has 1 aromatic rings. The first-order valence-electron chi connectivity index (χ1n) is 20.5. The Morgan fingerprint density at radius 2 is 1.60 bits per heavy atom. The van der Waals surface area contributed by atoms with Crippen molar-refractivity contribution in [2.24, 2.45) is 17.6 Å². The second-order valence-corrected chi connectivity index (χ2v) is 17.0. The van der Waals surface area contributed by atoms with Crippen LogP contribution in [-0.4, -0.2) is 110 Å². The van der Waals surface area contributed by atoms with Crippen molar-refractivity contribution in [2.75, 3.05) is 26.8 Å². The highest BCUT2D eigenvalue weighted by Gasteiger charge is 2.72. The third-order valence-electron chi connectivity index (χ3n) is 11.8. The van der Waals surface area contributed by atoms with E-state index >= 15 is 0 Å². The number of ketones is 2. The van der Waals surface area contributed by atoms with Gasteiger partial charge in [0.2, 0.25) is 23.4 Å². The minimum atomic E-state index is -1.08. The first kappa shape index (κ1) is 44.4. The van der Waals surface area contributed by atoms with Gasteiger partial charge in [0.05, 0.1) is 43.8 Å². The predicted octanol–water partition coefficient (Wildman–Crippen LogP) is 2.55. The number of allylic oxidation sites excluding steroid dienone is 1. The van der Waals surface area contributed by atoms with Gasteiger partial charge in [0, 0.05) is 25.6 Å². The highest BCUT2D eigenvalue weighted by Crippen LogP contribution is 2.59. The summed E-state index contributed by atoms with van der Waals surface area (Å²) in [7, 11) is 1.66. The fraction of sp³-hybridized carbons (Fsp3) is 0.690. The average Bonchev–Trinajstić information content (AvgIpc) is 4.10. The van der Waals surface area contributed by atoms with Gasteiger partial charge in [-0.2, -0.15) is 0 Å². The van der Waals surface area contributed by atoms with E-state index in [1.54, 1.807) is 7.11 Å². The standard InChI is InChI=1S/C42H64N6O9/c1-25(2)12-17-33-41(5,57-33)39-38(54-6)32(18-19-42(39)24-55-42)56-40(53)46-29-15-13-28(14-16-29)45-35(50)23-44-48-31(20-26(3)4)37(52)36(51)30(47-34(49)22-43)21-27-10-8-7-9-11-27/h7-12,26,28-33,38-39,44,48H,13-24,43H2,1-6H3,(H,45,50)(H,46,53)(H,47,49)/t28?,29?,30-,31-,32?,33+,38?,39?,41?,42-/m0/s1. The van der Waals surface area contributed by atoms with Crippen LogP contribution < -0.4 is 32.5 Å². The quantitative estimate of drug-likeness (QED) is 0.0486. The summed E-state index contributed by atoms with van der Waals surface area (Å²) in [6, 6.07) is 6.92. The van der Waals surface area contributed by atoms with Gasteiger partial charge in [-0.25, -0.2) is 15.6 Å². The van der Waals surface area contributed by atoms with Gasteiger partial charge >= 0.3 is 6.09 Å². The molecule has 0 bridgehead atoms. The summed E-state index contributed by atoms with van der Waals surface area (Å²) in [6.45, 7) is 10.3. The number of carbonyl (C=O) groups excluding carboxylic acids is 5. The summed E-state index contributed by atoms with van der Waals surface area (Å²) in [5, 5.41) is 8.65. The highest BCUT2D eigenvalue weighted by atomic mass is 16.6. The maximum Gasteiger partial charge on any atom is 0.407 e. The number of rotatable bonds is 20. The van der Waals surface area contributed by atoms with Crippen molar-refractivity contribution >= 4 is 29.5 Å². The molecule has 3 amide bonds. The van der Waals surface area contributed by atoms with Crippen LogP contribution in [0.3, 0.4) is 0 Å². The van der Waals surface area contributed by atoms with E-state index in [0.717, 1.165) is 18.4 Å². The van der Waals surface area contributed by atoms with Crippen molar-refractivity contribution in [1.82, 2.24) is 26.8 Å². The second-order valence-electron chi connectivity index (χ2n) is 17.0. The molecule has 4 aliphatic rings. The van der Waals surface area contributed by atoms with Crippen LogP contribution in [-0.2, 0) is 44.5 Å². The number of carbonyl (C=O) groups is 5. The SMILES string of the molecule is COC1C(OC(=O)NC2CCC(NC(=O)CNN[C@@H](CC(C)C)C(=O)C(=O)[C@H](Cc3ccccc3)NC(=O)CN)CC2)CC[C@]2(CO2)C1C1(C)O[C@@H]1CC=C(C)C. The van der Waals surface area contributed by atoms with Gasteiger partial charge in [0.25, 0.3) is 0 Å². The fourth-order valence-electron chi connectivity index (χ4n) is 8.68. The van der Waals surface area contributed by atoms with Gasteiger partial charge < -0.3 is 40.6 Å². The van der Waals surface area contributed by atoms with E-state index in [0.29, 0.717) is 45.1 Å². The largest absolute Gasteiger partial charge is 0.443 e. The van der Waals surface area contributed by atoms with E-state index in [-0.39, 0.29) is 67.1 Å². The summed E-state index contributed by atoms with van der Waals surface area (Å²) in [5.74, 6) is -2.26. The molecule has 4 fully saturated rings. The number of hydrazine groups is 1. The van der Waals surface area contributed by atoms with Crippen molar-refractivity contribution in [3.8, 4) is 0 Å². The lowest BCUT2D eigenvalue weighted by molar-refractivity contribution is -0.140. The molecule has 2 heterocycles. The Morgan fingerprint density at radius 1 is 0.947 bits per heavy atom. The number of ether oxygens (including phenoxy) is 4. The fourth-order valence-corrected chi connectivity index (χ4v) is 8.68. The number of hydrogen-bond donors (Lipinski definition) is 6. The van der Waals surface area contributed by atoms with Crippen LogP contribution in [0.25, 0.3) is 0 Å². The molecule has 1 spiro atoms. The van der Waals surface area contributed by atoms with Crippen LogP contribution in [0.4, 0.5) is 4.79 Å². The Labute approximate surface area is 336 Å². The molecule has 57 heavy (non-hydrogen) atoms. The number of benzene rings is 1. The summed E-state index contributed by atoms with van der Waals surface area (Å²) in [6.07, 6.45) is 6.35. The molecule has 1 aromatic carbocycles. The van der Waals surface area contributed by atoms with E-state index < -0.39 is 47.4 Å². The van der Waals surface area contributed by atoms with Gasteiger partial charge in [-0.3, -0.25) is 19.2 Å². The Balaban J connectivity index is 1.05. The first-order valence-corrected chi connectivity index (χ1v) is 20.5. The summed E-state index contributed by atoms with van der Waals surface area (Å²) >= 11 is 0. The van der Waals surface area contributed by atoms with E-state index in [1.807, 2.05) is 44.2 Å². The van der Waals surface area contributed by atoms with Gasteiger partial charge in [0.1, 0.15) is 23.4 Å². The number of nitrogens with one attached hydrogen (secondary N) is 5. The monoisotopic (exact) mass is 796 g/mol. The summed E-state index contributed by atoms with van der Waals surface area (Å²) < 4.78 is 24.4. The molecule has 2 saturated heterocycles. The van der Waals surface area contributed by atoms with Gasteiger partial charge in [-0.15, -0.1) is 0 Å². The molecule has 316 valence electrons. The Bertz CT molecular complexity index is 1590. The van der Waals surface area contributed by atoms with Crippen molar-refractivity contribution < 1.29 is 42.9 Å². The summed E-state index contributed by atoms with van der Waals surface area (Å²) in [5.41, 5.74) is 12.5. The maximum atomic E-state index is 13.5. The van der Waals surface area contributed by atoms with E-state index in [9.17, 15) is 24.0 Å². The molecule has 4 unspecified atom stereocenters. The molecule has 8 atom stereocenters. The zero-order valence-corrected chi connectivity index (χ0v) is 34.4. The zero-order chi connectivity index (χ0) is 41.3. The molecule has 5 rings (SSSR count). The lowest BCUT2D eigenvalue weighted by atomic mass is 9.68. The second kappa shape index (κ2) is 19.8. The van der Waals surface area contributed by atoms with E-state index in [4.69, 9.17) is 24.7 Å². The van der Waals surface area contributed by atoms with Crippen molar-refractivity contribution in [1.29, 1.82) is 0 Å². The van der Waals surface area contributed by atoms with Crippen LogP contribution in [0.5, 0.6) is 0 Å². The normalized spacial score (nSPS) is 30.1. The van der Waals surface area contributed by atoms with Crippen LogP contribution in [0.2, 0.25) is 0 Å². The Kier molecular flexibility index (Phi) is 15.4. The lowest BCUT2D eigenvalue weighted by Crippen LogP contribution is -2.56. The molecule has 7 N–H and O–H groups in total. The highest BCUT2D eigenvalue weighted by molar-refractivity contribution is 6.41. The maximum absolute atomic E-state index is 13.5. The van der Waals surface area contributed by atoms with Gasteiger partial charge in [-0.05, 0) is 83.6 Å². The zero-order valence-electron chi connectivity index (χ0n) is 34.4. The van der Waals surface area contributed by atoms with Crippen molar-refractivity contribution in [2.45, 2.75) is 146 Å². The van der Waals surface area contributed by atoms with Gasteiger partial charge in [0.15, 0.2) is 0 Å². The molecular formula is C42H64N6O9. The molecule has 15 heteroatoms. The van der Waals surface area contributed by atoms with E-state index in [1.165, 1.54) is 5.57 Å². The molecule has 2 saturated carbocycles. The Hall–Kier alpha value is -3.73. The van der Waals surface area contributed by atoms with Crippen LogP contribution >= 0.6 is 0 Å². The molecule has 2 aliphatic heterocycles. The summed E-state index contributed by atoms with van der Waals surface area (Å²) in [4.78, 5) is 65.1. The number of epoxide rings is 2. The molecular weight excluding hydrogens is 732 g/mol. The van der Waals surface area contributed by atoms with Crippen molar-refractivity contribution in [3.63, 3.8) is 0 Å². The number of Topliss-reactive ketones (excluding diaryl/α,β-unsaturated/α-hetero) is 2. The topological polar surface area (TPSA) is 215 Å². The third kappa shape index (κ3) is 11.9.